The van der Waals surface area contributed by atoms with Gasteiger partial charge in [0, 0.05) is 25.1 Å². The molecule has 1 heterocycles. The summed E-state index contributed by atoms with van der Waals surface area (Å²) in [6.45, 7) is 5.72. The van der Waals surface area contributed by atoms with E-state index in [1.807, 2.05) is 0 Å². The van der Waals surface area contributed by atoms with Crippen LogP contribution in [-0.4, -0.2) is 71.4 Å². The van der Waals surface area contributed by atoms with E-state index < -0.39 is 42.1 Å². The van der Waals surface area contributed by atoms with Gasteiger partial charge in [0.25, 0.3) is 0 Å². The van der Waals surface area contributed by atoms with Crippen molar-refractivity contribution in [1.82, 2.24) is 21.3 Å². The lowest BCUT2D eigenvalue weighted by atomic mass is 10.0. The maximum Gasteiger partial charge on any atom is 0.243 e. The first-order valence-electron chi connectivity index (χ1n) is 8.90. The van der Waals surface area contributed by atoms with Gasteiger partial charge in [0.1, 0.15) is 12.1 Å². The van der Waals surface area contributed by atoms with Crippen LogP contribution in [0.2, 0.25) is 0 Å². The van der Waals surface area contributed by atoms with Crippen LogP contribution in [0.25, 0.3) is 0 Å². The van der Waals surface area contributed by atoms with E-state index in [9.17, 15) is 24.6 Å². The molecular weight excluding hydrogens is 340 g/mol. The van der Waals surface area contributed by atoms with Gasteiger partial charge in [-0.3, -0.25) is 14.4 Å². The highest BCUT2D eigenvalue weighted by atomic mass is 16.3. The number of hydrogen-bond acceptors (Lipinski definition) is 6. The minimum Gasteiger partial charge on any atom is -0.393 e. The summed E-state index contributed by atoms with van der Waals surface area (Å²) >= 11 is 0. The number of rotatable bonds is 5. The predicted molar refractivity (Wildman–Crippen MR) is 96.1 cm³/mol. The van der Waals surface area contributed by atoms with Crippen molar-refractivity contribution in [3.8, 4) is 0 Å². The summed E-state index contributed by atoms with van der Waals surface area (Å²) in [5.41, 5.74) is 0. The molecule has 0 aromatic carbocycles. The van der Waals surface area contributed by atoms with Gasteiger partial charge < -0.3 is 31.5 Å². The summed E-state index contributed by atoms with van der Waals surface area (Å²) in [5, 5.41) is 30.7. The number of amides is 3. The number of hydrogen-bond donors (Lipinski definition) is 6. The van der Waals surface area contributed by atoms with E-state index in [0.29, 0.717) is 6.54 Å². The average Bonchev–Trinajstić information content (AvgIpc) is 2.55. The first-order valence-corrected chi connectivity index (χ1v) is 8.90. The second kappa shape index (κ2) is 10.9. The zero-order valence-corrected chi connectivity index (χ0v) is 15.5. The molecule has 3 amide bonds. The summed E-state index contributed by atoms with van der Waals surface area (Å²) in [6, 6.07) is -2.24. The Labute approximate surface area is 153 Å². The molecule has 1 rings (SSSR count). The van der Waals surface area contributed by atoms with Gasteiger partial charge in [-0.25, -0.2) is 0 Å². The van der Waals surface area contributed by atoms with Gasteiger partial charge >= 0.3 is 0 Å². The predicted octanol–water partition coefficient (Wildman–Crippen LogP) is -1.84. The van der Waals surface area contributed by atoms with E-state index in [-0.39, 0.29) is 25.3 Å². The molecule has 0 aliphatic carbocycles. The summed E-state index contributed by atoms with van der Waals surface area (Å²) in [7, 11) is 0. The number of carbonyl (C=O) groups is 3. The fourth-order valence-corrected chi connectivity index (χ4v) is 2.61. The molecule has 26 heavy (non-hydrogen) atoms. The van der Waals surface area contributed by atoms with Crippen molar-refractivity contribution in [2.45, 2.75) is 63.9 Å². The molecule has 1 aliphatic rings. The largest absolute Gasteiger partial charge is 0.393 e. The molecule has 9 nitrogen and oxygen atoms in total. The van der Waals surface area contributed by atoms with Gasteiger partial charge in [-0.15, -0.1) is 0 Å². The lowest BCUT2D eigenvalue weighted by Crippen LogP contribution is -2.57. The lowest BCUT2D eigenvalue weighted by Gasteiger charge is -2.26. The van der Waals surface area contributed by atoms with Crippen LogP contribution >= 0.6 is 0 Å². The van der Waals surface area contributed by atoms with Crippen LogP contribution < -0.4 is 21.3 Å². The van der Waals surface area contributed by atoms with Gasteiger partial charge in [0.05, 0.1) is 12.2 Å². The Morgan fingerprint density at radius 2 is 2.12 bits per heavy atom. The van der Waals surface area contributed by atoms with E-state index in [4.69, 9.17) is 0 Å². The van der Waals surface area contributed by atoms with Crippen molar-refractivity contribution in [2.24, 2.45) is 0 Å². The Balaban J connectivity index is 2.90. The van der Waals surface area contributed by atoms with E-state index in [1.54, 1.807) is 19.9 Å². The molecule has 6 N–H and O–H groups in total. The minimum atomic E-state index is -0.955. The van der Waals surface area contributed by atoms with Crippen LogP contribution in [0.15, 0.2) is 12.2 Å². The summed E-state index contributed by atoms with van der Waals surface area (Å²) < 4.78 is 0. The number of nitrogens with one attached hydrogen (secondary N) is 4. The summed E-state index contributed by atoms with van der Waals surface area (Å²) in [5.74, 6) is -1.27. The van der Waals surface area contributed by atoms with Crippen LogP contribution in [0, 0.1) is 0 Å². The molecule has 5 atom stereocenters. The molecular formula is C17H30N4O5. The minimum absolute atomic E-state index is 0.00251. The van der Waals surface area contributed by atoms with E-state index in [2.05, 4.69) is 21.3 Å². The van der Waals surface area contributed by atoms with Crippen LogP contribution in [-0.2, 0) is 14.4 Å². The van der Waals surface area contributed by atoms with Gasteiger partial charge in [-0.2, -0.15) is 0 Å². The highest BCUT2D eigenvalue weighted by molar-refractivity contribution is 5.90. The molecule has 0 aromatic rings. The van der Waals surface area contributed by atoms with Gasteiger partial charge in [-0.1, -0.05) is 13.0 Å². The Kier molecular flexibility index (Phi) is 9.25. The van der Waals surface area contributed by atoms with E-state index >= 15 is 0 Å². The quantitative estimate of drug-likeness (QED) is 0.336. The topological polar surface area (TPSA) is 140 Å². The molecule has 0 radical (unpaired) electrons. The van der Waals surface area contributed by atoms with Crippen molar-refractivity contribution >= 4 is 17.7 Å². The Morgan fingerprint density at radius 3 is 2.73 bits per heavy atom. The Morgan fingerprint density at radius 1 is 1.42 bits per heavy atom. The van der Waals surface area contributed by atoms with Crippen molar-refractivity contribution in [2.75, 3.05) is 13.1 Å². The molecule has 148 valence electrons. The van der Waals surface area contributed by atoms with Crippen LogP contribution in [0.5, 0.6) is 0 Å². The highest BCUT2D eigenvalue weighted by Crippen LogP contribution is 2.06. The van der Waals surface area contributed by atoms with Crippen molar-refractivity contribution in [3.63, 3.8) is 0 Å². The second-order valence-electron chi connectivity index (χ2n) is 6.46. The van der Waals surface area contributed by atoms with E-state index in [1.165, 1.54) is 13.0 Å². The average molecular weight is 370 g/mol. The monoisotopic (exact) mass is 370 g/mol. The molecule has 0 saturated carbocycles. The normalized spacial score (nSPS) is 28.6. The third-order valence-electron chi connectivity index (χ3n) is 4.01. The second-order valence-corrected chi connectivity index (χ2v) is 6.46. The smallest absolute Gasteiger partial charge is 0.243 e. The number of aliphatic hydroxyl groups excluding tert-OH is 2. The lowest BCUT2D eigenvalue weighted by molar-refractivity contribution is -0.132. The van der Waals surface area contributed by atoms with Gasteiger partial charge in [0.15, 0.2) is 0 Å². The molecule has 1 aliphatic heterocycles. The van der Waals surface area contributed by atoms with Crippen LogP contribution in [0.4, 0.5) is 0 Å². The summed E-state index contributed by atoms with van der Waals surface area (Å²) in [6.07, 6.45) is 1.30. The van der Waals surface area contributed by atoms with Crippen molar-refractivity contribution in [3.05, 3.63) is 12.2 Å². The van der Waals surface area contributed by atoms with E-state index in [0.717, 1.165) is 0 Å². The van der Waals surface area contributed by atoms with Gasteiger partial charge in [-0.05, 0) is 26.8 Å². The molecule has 9 heteroatoms. The number of carbonyl (C=O) groups excluding carboxylic acids is 3. The first kappa shape index (κ1) is 22.1. The molecule has 0 spiro atoms. The first-order chi connectivity index (χ1) is 12.2. The fourth-order valence-electron chi connectivity index (χ4n) is 2.61. The third kappa shape index (κ3) is 7.51. The SMILES string of the molecule is CCN[C@H](C(=O)N[C@H]1C[C@@H](O)CCNC(=O)/C=C/[C@H](C)NC1=O)[C@@H](C)O. The molecule has 0 aromatic heterocycles. The number of likely N-dealkylation sites (N-methyl/N-ethyl adjacent to an activating group) is 1. The molecule has 0 unspecified atom stereocenters. The third-order valence-corrected chi connectivity index (χ3v) is 4.01. The summed E-state index contributed by atoms with van der Waals surface area (Å²) in [4.78, 5) is 36.5. The number of aliphatic hydroxyl groups is 2. The zero-order chi connectivity index (χ0) is 19.7. The molecule has 0 saturated heterocycles. The Bertz CT molecular complexity index is 523. The van der Waals surface area contributed by atoms with Gasteiger partial charge in [0.2, 0.25) is 17.7 Å². The van der Waals surface area contributed by atoms with Crippen molar-refractivity contribution in [1.29, 1.82) is 0 Å². The fraction of sp³-hybridized carbons (Fsp3) is 0.706. The van der Waals surface area contributed by atoms with Crippen molar-refractivity contribution < 1.29 is 24.6 Å². The Hall–Kier alpha value is -1.97. The highest BCUT2D eigenvalue weighted by Gasteiger charge is 2.29. The molecule has 0 fully saturated rings. The van der Waals surface area contributed by atoms with Crippen LogP contribution in [0.3, 0.4) is 0 Å². The maximum atomic E-state index is 12.5. The van der Waals surface area contributed by atoms with Crippen LogP contribution in [0.1, 0.15) is 33.6 Å². The molecule has 0 bridgehead atoms. The zero-order valence-electron chi connectivity index (χ0n) is 15.5. The maximum absolute atomic E-state index is 12.5. The standard InChI is InChI=1S/C17H30N4O5/c1-4-18-15(11(3)22)17(26)21-13-9-12(23)7-8-19-14(24)6-5-10(2)20-16(13)25/h5-6,10-13,15,18,22-23H,4,7-9H2,1-3H3,(H,19,24)(H,20,25)(H,21,26)/b6-5+/t10-,11+,12-,13-,15-/m0/s1.